The molecule has 5 nitrogen and oxygen atoms in total. The third-order valence-corrected chi connectivity index (χ3v) is 2.83. The van der Waals surface area contributed by atoms with Gasteiger partial charge in [0.05, 0.1) is 6.07 Å². The number of pyridine rings is 1. The van der Waals surface area contributed by atoms with Crippen LogP contribution in [-0.2, 0) is 0 Å². The van der Waals surface area contributed by atoms with Crippen molar-refractivity contribution >= 4 is 0 Å². The molecule has 0 radical (unpaired) electrons. The zero-order valence-corrected chi connectivity index (χ0v) is 10.4. The third kappa shape index (κ3) is 2.54. The molecule has 92 valence electrons. The minimum atomic E-state index is 0.0999. The first-order valence-corrected chi connectivity index (χ1v) is 5.84. The number of hydrogen-bond acceptors (Lipinski definition) is 5. The second kappa shape index (κ2) is 5.41. The van der Waals surface area contributed by atoms with Crippen LogP contribution in [-0.4, -0.2) is 15.1 Å². The molecule has 0 amide bonds. The van der Waals surface area contributed by atoms with E-state index in [9.17, 15) is 0 Å². The summed E-state index contributed by atoms with van der Waals surface area (Å²) in [4.78, 5) is 8.43. The Morgan fingerprint density at radius 1 is 1.50 bits per heavy atom. The molecule has 0 aliphatic carbocycles. The number of nitrogens with zero attached hydrogens (tertiary/aromatic N) is 4. The van der Waals surface area contributed by atoms with Crippen LogP contribution in [0.4, 0.5) is 0 Å². The summed E-state index contributed by atoms with van der Waals surface area (Å²) in [6, 6.07) is 4.02. The molecule has 0 aliphatic rings. The highest BCUT2D eigenvalue weighted by molar-refractivity contribution is 5.57. The van der Waals surface area contributed by atoms with Crippen LogP contribution in [0.5, 0.6) is 0 Å². The number of rotatable bonds is 4. The van der Waals surface area contributed by atoms with Crippen molar-refractivity contribution in [3.63, 3.8) is 0 Å². The molecule has 0 saturated heterocycles. The number of nitriles is 1. The largest absolute Gasteiger partial charge is 0.339 e. The van der Waals surface area contributed by atoms with E-state index >= 15 is 0 Å². The van der Waals surface area contributed by atoms with Gasteiger partial charge in [-0.3, -0.25) is 4.98 Å². The van der Waals surface area contributed by atoms with Gasteiger partial charge in [-0.1, -0.05) is 12.1 Å². The van der Waals surface area contributed by atoms with E-state index in [1.165, 1.54) is 0 Å². The summed E-state index contributed by atoms with van der Waals surface area (Å²) in [7, 11) is 0. The van der Waals surface area contributed by atoms with Crippen LogP contribution in [0.25, 0.3) is 11.4 Å². The van der Waals surface area contributed by atoms with Crippen LogP contribution < -0.4 is 0 Å². The lowest BCUT2D eigenvalue weighted by molar-refractivity contribution is 0.355. The molecule has 18 heavy (non-hydrogen) atoms. The minimum Gasteiger partial charge on any atom is -0.339 e. The van der Waals surface area contributed by atoms with Gasteiger partial charge in [0.1, 0.15) is 0 Å². The molecular formula is C13H14N4O. The van der Waals surface area contributed by atoms with Crippen molar-refractivity contribution in [3.05, 3.63) is 29.9 Å². The highest BCUT2D eigenvalue weighted by Gasteiger charge is 2.15. The standard InChI is InChI=1S/C13H14N4O/c1-9-5-7-15-8-11(9)12-16-13(18-17-12)10(2)4-3-6-14/h5,7-8,10H,3-4H2,1-2H3. The smallest absolute Gasteiger partial charge is 0.229 e. The number of hydrogen-bond donors (Lipinski definition) is 0. The summed E-state index contributed by atoms with van der Waals surface area (Å²) in [6.45, 7) is 3.96. The lowest BCUT2D eigenvalue weighted by atomic mass is 10.1. The summed E-state index contributed by atoms with van der Waals surface area (Å²) in [5.74, 6) is 1.23. The van der Waals surface area contributed by atoms with Crippen molar-refractivity contribution < 1.29 is 4.52 Å². The molecule has 0 spiro atoms. The predicted octanol–water partition coefficient (Wildman–Crippen LogP) is 2.85. The normalized spacial score (nSPS) is 12.1. The van der Waals surface area contributed by atoms with Crippen molar-refractivity contribution in [1.82, 2.24) is 15.1 Å². The Labute approximate surface area is 105 Å². The highest BCUT2D eigenvalue weighted by atomic mass is 16.5. The summed E-state index contributed by atoms with van der Waals surface area (Å²) in [5, 5.41) is 12.5. The molecule has 2 aromatic heterocycles. The Hall–Kier alpha value is -2.22. The fourth-order valence-electron chi connectivity index (χ4n) is 1.65. The van der Waals surface area contributed by atoms with Crippen molar-refractivity contribution in [2.24, 2.45) is 0 Å². The lowest BCUT2D eigenvalue weighted by Gasteiger charge is -2.01. The molecule has 2 aromatic rings. The van der Waals surface area contributed by atoms with E-state index in [0.717, 1.165) is 17.5 Å². The second-order valence-corrected chi connectivity index (χ2v) is 4.24. The van der Waals surface area contributed by atoms with E-state index < -0.39 is 0 Å². The van der Waals surface area contributed by atoms with Gasteiger partial charge >= 0.3 is 0 Å². The van der Waals surface area contributed by atoms with Gasteiger partial charge in [0.15, 0.2) is 0 Å². The van der Waals surface area contributed by atoms with Crippen molar-refractivity contribution in [2.45, 2.75) is 32.6 Å². The summed E-state index contributed by atoms with van der Waals surface area (Å²) < 4.78 is 5.23. The topological polar surface area (TPSA) is 75.6 Å². The van der Waals surface area contributed by atoms with Gasteiger partial charge in [-0.2, -0.15) is 10.2 Å². The molecule has 5 heteroatoms. The van der Waals surface area contributed by atoms with Crippen LogP contribution in [0.3, 0.4) is 0 Å². The maximum Gasteiger partial charge on any atom is 0.229 e. The summed E-state index contributed by atoms with van der Waals surface area (Å²) in [6.07, 6.45) is 4.67. The minimum absolute atomic E-state index is 0.0999. The van der Waals surface area contributed by atoms with E-state index in [1.807, 2.05) is 19.9 Å². The number of aryl methyl sites for hydroxylation is 1. The Bertz CT molecular complexity index is 570. The molecule has 1 atom stereocenters. The molecule has 0 saturated carbocycles. The van der Waals surface area contributed by atoms with E-state index in [-0.39, 0.29) is 5.92 Å². The molecule has 0 aliphatic heterocycles. The molecular weight excluding hydrogens is 228 g/mol. The predicted molar refractivity (Wildman–Crippen MR) is 65.5 cm³/mol. The monoisotopic (exact) mass is 242 g/mol. The molecule has 0 N–H and O–H groups in total. The van der Waals surface area contributed by atoms with Crippen LogP contribution in [0.15, 0.2) is 23.0 Å². The Morgan fingerprint density at radius 3 is 3.06 bits per heavy atom. The van der Waals surface area contributed by atoms with Crippen molar-refractivity contribution in [1.29, 1.82) is 5.26 Å². The molecule has 2 rings (SSSR count). The quantitative estimate of drug-likeness (QED) is 0.823. The van der Waals surface area contributed by atoms with Gasteiger partial charge in [-0.05, 0) is 25.0 Å². The first-order valence-electron chi connectivity index (χ1n) is 5.84. The van der Waals surface area contributed by atoms with Crippen LogP contribution >= 0.6 is 0 Å². The summed E-state index contributed by atoms with van der Waals surface area (Å²) in [5.41, 5.74) is 1.93. The van der Waals surface area contributed by atoms with Gasteiger partial charge in [0.2, 0.25) is 11.7 Å². The molecule has 0 fully saturated rings. The fraction of sp³-hybridized carbons (Fsp3) is 0.385. The average molecular weight is 242 g/mol. The van der Waals surface area contributed by atoms with E-state index in [2.05, 4.69) is 21.2 Å². The Morgan fingerprint density at radius 2 is 2.33 bits per heavy atom. The van der Waals surface area contributed by atoms with Crippen LogP contribution in [0, 0.1) is 18.3 Å². The average Bonchev–Trinajstić information content (AvgIpc) is 2.86. The SMILES string of the molecule is Cc1ccncc1-c1noc(C(C)CCC#N)n1. The van der Waals surface area contributed by atoms with Crippen molar-refractivity contribution in [3.8, 4) is 17.5 Å². The van der Waals surface area contributed by atoms with E-state index in [4.69, 9.17) is 9.78 Å². The summed E-state index contributed by atoms with van der Waals surface area (Å²) >= 11 is 0. The van der Waals surface area contributed by atoms with Crippen molar-refractivity contribution in [2.75, 3.05) is 0 Å². The zero-order chi connectivity index (χ0) is 13.0. The lowest BCUT2D eigenvalue weighted by Crippen LogP contribution is -1.93. The van der Waals surface area contributed by atoms with Gasteiger partial charge in [-0.25, -0.2) is 0 Å². The van der Waals surface area contributed by atoms with E-state index in [1.54, 1.807) is 12.4 Å². The molecule has 2 heterocycles. The van der Waals surface area contributed by atoms with Gasteiger partial charge < -0.3 is 4.52 Å². The Kier molecular flexibility index (Phi) is 3.68. The first-order chi connectivity index (χ1) is 8.72. The van der Waals surface area contributed by atoms with E-state index in [0.29, 0.717) is 18.1 Å². The first kappa shape index (κ1) is 12.2. The van der Waals surface area contributed by atoms with Crippen LogP contribution in [0.2, 0.25) is 0 Å². The van der Waals surface area contributed by atoms with Gasteiger partial charge in [0, 0.05) is 30.3 Å². The zero-order valence-electron chi connectivity index (χ0n) is 10.4. The Balaban J connectivity index is 2.21. The maximum absolute atomic E-state index is 8.56. The third-order valence-electron chi connectivity index (χ3n) is 2.83. The number of aromatic nitrogens is 3. The molecule has 1 unspecified atom stereocenters. The van der Waals surface area contributed by atoms with Crippen LogP contribution in [0.1, 0.15) is 37.1 Å². The molecule has 0 bridgehead atoms. The van der Waals surface area contributed by atoms with Gasteiger partial charge in [-0.15, -0.1) is 0 Å². The highest BCUT2D eigenvalue weighted by Crippen LogP contribution is 2.23. The maximum atomic E-state index is 8.56. The molecule has 0 aromatic carbocycles. The second-order valence-electron chi connectivity index (χ2n) is 4.24. The van der Waals surface area contributed by atoms with Gasteiger partial charge in [0.25, 0.3) is 0 Å². The fourth-order valence-corrected chi connectivity index (χ4v) is 1.65.